The molecule has 0 saturated heterocycles. The highest BCUT2D eigenvalue weighted by molar-refractivity contribution is 5.99. The maximum Gasteiger partial charge on any atom is 0.340 e. The molecule has 1 amide bonds. The predicted molar refractivity (Wildman–Crippen MR) is 102 cm³/mol. The number of methoxy groups -OCH3 is 1. The molecule has 27 heavy (non-hydrogen) atoms. The number of rotatable bonds is 6. The van der Waals surface area contributed by atoms with Crippen LogP contribution >= 0.6 is 0 Å². The molecule has 2 aromatic carbocycles. The molecule has 0 bridgehead atoms. The summed E-state index contributed by atoms with van der Waals surface area (Å²) < 4.78 is 4.65. The largest absolute Gasteiger partial charge is 0.465 e. The average Bonchev–Trinajstić information content (AvgIpc) is 2.62. The summed E-state index contributed by atoms with van der Waals surface area (Å²) in [5.74, 6) is -1.04. The summed E-state index contributed by atoms with van der Waals surface area (Å²) >= 11 is 0. The Hall–Kier alpha value is -3.42. The van der Waals surface area contributed by atoms with Crippen LogP contribution in [-0.4, -0.2) is 30.5 Å². The molecule has 2 aromatic rings. The van der Waals surface area contributed by atoms with Gasteiger partial charge in [-0.15, -0.1) is 0 Å². The van der Waals surface area contributed by atoms with Gasteiger partial charge in [0, 0.05) is 23.5 Å². The molecule has 142 valence electrons. The van der Waals surface area contributed by atoms with Gasteiger partial charge in [-0.05, 0) is 38.0 Å². The molecule has 0 aliphatic heterocycles. The van der Waals surface area contributed by atoms with E-state index in [1.54, 1.807) is 0 Å². The van der Waals surface area contributed by atoms with Crippen molar-refractivity contribution in [3.8, 4) is 0 Å². The van der Waals surface area contributed by atoms with Gasteiger partial charge in [-0.3, -0.25) is 14.9 Å². The number of esters is 1. The van der Waals surface area contributed by atoms with E-state index in [1.807, 2.05) is 32.9 Å². The van der Waals surface area contributed by atoms with E-state index in [0.29, 0.717) is 0 Å². The Labute approximate surface area is 156 Å². The van der Waals surface area contributed by atoms with Crippen molar-refractivity contribution < 1.29 is 19.2 Å². The zero-order valence-electron chi connectivity index (χ0n) is 15.6. The van der Waals surface area contributed by atoms with Crippen molar-refractivity contribution in [2.75, 3.05) is 24.3 Å². The minimum absolute atomic E-state index is 0.0119. The van der Waals surface area contributed by atoms with Gasteiger partial charge in [-0.25, -0.2) is 4.79 Å². The van der Waals surface area contributed by atoms with E-state index in [4.69, 9.17) is 0 Å². The number of nitrogens with one attached hydrogen (secondary N) is 2. The lowest BCUT2D eigenvalue weighted by Crippen LogP contribution is -2.23. The van der Waals surface area contributed by atoms with Gasteiger partial charge in [0.15, 0.2) is 0 Å². The number of benzene rings is 2. The van der Waals surface area contributed by atoms with E-state index >= 15 is 0 Å². The fraction of sp³-hybridized carbons (Fsp3) is 0.263. The topological polar surface area (TPSA) is 111 Å². The van der Waals surface area contributed by atoms with Gasteiger partial charge in [-0.2, -0.15) is 0 Å². The minimum atomic E-state index is -0.730. The molecule has 0 aromatic heterocycles. The number of aryl methyl sites for hydroxylation is 3. The van der Waals surface area contributed by atoms with Crippen molar-refractivity contribution in [1.29, 1.82) is 0 Å². The average molecular weight is 371 g/mol. The molecule has 8 nitrogen and oxygen atoms in total. The van der Waals surface area contributed by atoms with Crippen molar-refractivity contribution in [1.82, 2.24) is 0 Å². The number of ether oxygens (including phenoxy) is 1. The Bertz CT molecular complexity index is 885. The van der Waals surface area contributed by atoms with Gasteiger partial charge in [0.2, 0.25) is 5.91 Å². The van der Waals surface area contributed by atoms with Gasteiger partial charge < -0.3 is 15.4 Å². The fourth-order valence-electron chi connectivity index (χ4n) is 2.82. The first-order chi connectivity index (χ1) is 12.7. The van der Waals surface area contributed by atoms with Crippen LogP contribution in [0.2, 0.25) is 0 Å². The first kappa shape index (κ1) is 19.9. The Morgan fingerprint density at radius 1 is 1.11 bits per heavy atom. The third-order valence-corrected chi connectivity index (χ3v) is 4.00. The van der Waals surface area contributed by atoms with E-state index < -0.39 is 10.9 Å². The number of non-ortho nitro benzene ring substituents is 1. The SMILES string of the molecule is COC(=O)c1cc([N+](=O)[O-])ccc1NCC(=O)Nc1c(C)cc(C)cc1C. The van der Waals surface area contributed by atoms with Crippen molar-refractivity contribution in [2.45, 2.75) is 20.8 Å². The molecular weight excluding hydrogens is 350 g/mol. The molecule has 0 unspecified atom stereocenters. The maximum atomic E-state index is 12.3. The number of carbonyl (C=O) groups excluding carboxylic acids is 2. The Balaban J connectivity index is 2.15. The van der Waals surface area contributed by atoms with Gasteiger partial charge in [0.1, 0.15) is 0 Å². The number of hydrogen-bond acceptors (Lipinski definition) is 6. The summed E-state index contributed by atoms with van der Waals surface area (Å²) in [6.07, 6.45) is 0. The number of nitro groups is 1. The van der Waals surface area contributed by atoms with Crippen molar-refractivity contribution in [3.05, 3.63) is 62.7 Å². The van der Waals surface area contributed by atoms with Crippen LogP contribution in [0, 0.1) is 30.9 Å². The number of nitrogens with zero attached hydrogens (tertiary/aromatic N) is 1. The van der Waals surface area contributed by atoms with E-state index in [2.05, 4.69) is 15.4 Å². The second kappa shape index (κ2) is 8.31. The molecule has 0 fully saturated rings. The molecule has 0 radical (unpaired) electrons. The third kappa shape index (κ3) is 4.81. The van der Waals surface area contributed by atoms with Gasteiger partial charge in [0.25, 0.3) is 5.69 Å². The minimum Gasteiger partial charge on any atom is -0.465 e. The van der Waals surface area contributed by atoms with Crippen LogP contribution in [0.3, 0.4) is 0 Å². The number of nitro benzene ring substituents is 1. The Morgan fingerprint density at radius 3 is 2.30 bits per heavy atom. The van der Waals surface area contributed by atoms with Crippen LogP contribution in [0.4, 0.5) is 17.1 Å². The lowest BCUT2D eigenvalue weighted by molar-refractivity contribution is -0.384. The molecule has 0 atom stereocenters. The van der Waals surface area contributed by atoms with Crippen LogP contribution in [0.5, 0.6) is 0 Å². The summed E-state index contributed by atoms with van der Waals surface area (Å²) in [6.45, 7) is 5.69. The van der Waals surface area contributed by atoms with Crippen LogP contribution < -0.4 is 10.6 Å². The third-order valence-electron chi connectivity index (χ3n) is 4.00. The molecule has 2 rings (SSSR count). The second-order valence-electron chi connectivity index (χ2n) is 6.15. The van der Waals surface area contributed by atoms with E-state index in [0.717, 1.165) is 28.4 Å². The summed E-state index contributed by atoms with van der Waals surface area (Å²) in [7, 11) is 1.18. The highest BCUT2D eigenvalue weighted by atomic mass is 16.6. The zero-order valence-corrected chi connectivity index (χ0v) is 15.6. The van der Waals surface area contributed by atoms with Crippen molar-refractivity contribution in [3.63, 3.8) is 0 Å². The second-order valence-corrected chi connectivity index (χ2v) is 6.15. The van der Waals surface area contributed by atoms with E-state index in [9.17, 15) is 19.7 Å². The number of amides is 1. The summed E-state index contributed by atoms with van der Waals surface area (Å²) in [5.41, 5.74) is 3.77. The van der Waals surface area contributed by atoms with Crippen molar-refractivity contribution in [2.24, 2.45) is 0 Å². The molecule has 0 aliphatic rings. The molecule has 0 saturated carbocycles. The van der Waals surface area contributed by atoms with Gasteiger partial charge >= 0.3 is 5.97 Å². The number of anilines is 2. The lowest BCUT2D eigenvalue weighted by Gasteiger charge is -2.14. The molecule has 8 heteroatoms. The van der Waals surface area contributed by atoms with Crippen LogP contribution in [0.1, 0.15) is 27.0 Å². The summed E-state index contributed by atoms with van der Waals surface area (Å²) in [4.78, 5) is 34.5. The van der Waals surface area contributed by atoms with E-state index in [-0.39, 0.29) is 29.4 Å². The lowest BCUT2D eigenvalue weighted by atomic mass is 10.1. The number of carbonyl (C=O) groups is 2. The maximum absolute atomic E-state index is 12.3. The predicted octanol–water partition coefficient (Wildman–Crippen LogP) is 3.36. The summed E-state index contributed by atoms with van der Waals surface area (Å²) in [6, 6.07) is 7.69. The number of hydrogen-bond donors (Lipinski definition) is 2. The fourth-order valence-corrected chi connectivity index (χ4v) is 2.82. The van der Waals surface area contributed by atoms with Crippen LogP contribution in [0.15, 0.2) is 30.3 Å². The molecule has 0 aliphatic carbocycles. The highest BCUT2D eigenvalue weighted by Gasteiger charge is 2.18. The Morgan fingerprint density at radius 2 is 1.74 bits per heavy atom. The first-order valence-corrected chi connectivity index (χ1v) is 8.21. The van der Waals surface area contributed by atoms with Crippen LogP contribution in [0.25, 0.3) is 0 Å². The highest BCUT2D eigenvalue weighted by Crippen LogP contribution is 2.24. The normalized spacial score (nSPS) is 10.2. The smallest absolute Gasteiger partial charge is 0.340 e. The van der Waals surface area contributed by atoms with E-state index in [1.165, 1.54) is 19.2 Å². The zero-order chi connectivity index (χ0) is 20.1. The van der Waals surface area contributed by atoms with Crippen LogP contribution in [-0.2, 0) is 9.53 Å². The van der Waals surface area contributed by atoms with Gasteiger partial charge in [-0.1, -0.05) is 17.7 Å². The molecule has 0 spiro atoms. The Kier molecular flexibility index (Phi) is 6.12. The summed E-state index contributed by atoms with van der Waals surface area (Å²) in [5, 5.41) is 16.6. The quantitative estimate of drug-likeness (QED) is 0.458. The molecular formula is C19H21N3O5. The van der Waals surface area contributed by atoms with Gasteiger partial charge in [0.05, 0.1) is 24.1 Å². The van der Waals surface area contributed by atoms with Crippen molar-refractivity contribution >= 4 is 28.9 Å². The molecule has 0 heterocycles. The molecule has 2 N–H and O–H groups in total. The first-order valence-electron chi connectivity index (χ1n) is 8.21. The standard InChI is InChI=1S/C19H21N3O5/c1-11-7-12(2)18(13(3)8-11)21-17(23)10-20-16-6-5-14(22(25)26)9-15(16)19(24)27-4/h5-9,20H,10H2,1-4H3,(H,21,23). The monoisotopic (exact) mass is 371 g/mol.